The van der Waals surface area contributed by atoms with Gasteiger partial charge in [0.2, 0.25) is 5.95 Å². The van der Waals surface area contributed by atoms with E-state index in [2.05, 4.69) is 40.2 Å². The molecule has 2 aliphatic rings. The predicted octanol–water partition coefficient (Wildman–Crippen LogP) is 4.64. The highest BCUT2D eigenvalue weighted by atomic mass is 16.8. The fraction of sp³-hybridized carbons (Fsp3) is 0.368. The number of carbonyl (C=O) groups is 1. The number of hydrogen-bond donors (Lipinski definition) is 4. The molecule has 0 spiro atoms. The second-order valence-electron chi connectivity index (χ2n) is 13.1. The van der Waals surface area contributed by atoms with Gasteiger partial charge in [-0.05, 0) is 43.9 Å². The second-order valence-corrected chi connectivity index (χ2v) is 13.1. The summed E-state index contributed by atoms with van der Waals surface area (Å²) in [7, 11) is 0. The number of aromatic nitrogens is 4. The van der Waals surface area contributed by atoms with Crippen LogP contribution in [0.3, 0.4) is 0 Å². The highest BCUT2D eigenvalue weighted by Gasteiger charge is 2.58. The standard InChI is InChI=1S/C38H43N7O5/c1-4-39-35(47)31-30-32(50-38(2,3)49-30)36(48-31)45-23-41-29-33(40-21-28(25-16-10-6-11-17-25)26-18-12-7-13-19-26)43-37(44-34(29)45)42-27(22-46)20-24-14-8-5-9-15-24/h5-19,23,27-28,30-32,36,46H,4,20-22H2,1-3H3,(H,39,47)(H2,40,42,43,44)/t27?,30-,31+,32-,36-/m1/s1. The van der Waals surface area contributed by atoms with Crippen molar-refractivity contribution in [1.82, 2.24) is 24.8 Å². The largest absolute Gasteiger partial charge is 0.394 e. The van der Waals surface area contributed by atoms with Crippen LogP contribution in [0.25, 0.3) is 11.2 Å². The second kappa shape index (κ2) is 14.5. The van der Waals surface area contributed by atoms with Crippen LogP contribution in [0.15, 0.2) is 97.3 Å². The van der Waals surface area contributed by atoms with E-state index < -0.39 is 30.3 Å². The van der Waals surface area contributed by atoms with Crippen LogP contribution < -0.4 is 16.0 Å². The summed E-state index contributed by atoms with van der Waals surface area (Å²) < 4.78 is 20.7. The molecule has 7 rings (SSSR count). The lowest BCUT2D eigenvalue weighted by molar-refractivity contribution is -0.197. The Kier molecular flexibility index (Phi) is 9.77. The third kappa shape index (κ3) is 7.06. The molecule has 2 saturated heterocycles. The van der Waals surface area contributed by atoms with E-state index in [4.69, 9.17) is 29.2 Å². The van der Waals surface area contributed by atoms with Crippen molar-refractivity contribution < 1.29 is 24.1 Å². The van der Waals surface area contributed by atoms with Crippen LogP contribution in [0.2, 0.25) is 0 Å². The Balaban J connectivity index is 1.26. The molecule has 4 N–H and O–H groups in total. The summed E-state index contributed by atoms with van der Waals surface area (Å²) in [6, 6.07) is 30.3. The van der Waals surface area contributed by atoms with Gasteiger partial charge in [0.05, 0.1) is 19.0 Å². The van der Waals surface area contributed by atoms with Crippen LogP contribution in [-0.2, 0) is 25.4 Å². The van der Waals surface area contributed by atoms with Gasteiger partial charge in [0, 0.05) is 19.0 Å². The minimum Gasteiger partial charge on any atom is -0.394 e. The first-order valence-electron chi connectivity index (χ1n) is 17.1. The number of ether oxygens (including phenoxy) is 3. The Morgan fingerprint density at radius 2 is 1.56 bits per heavy atom. The molecule has 260 valence electrons. The summed E-state index contributed by atoms with van der Waals surface area (Å²) in [5.74, 6) is -0.334. The van der Waals surface area contributed by atoms with Crippen LogP contribution in [-0.4, -0.2) is 80.4 Å². The van der Waals surface area contributed by atoms with Gasteiger partial charge in [-0.2, -0.15) is 9.97 Å². The molecule has 2 aromatic heterocycles. The summed E-state index contributed by atoms with van der Waals surface area (Å²) in [5.41, 5.74) is 4.39. The molecule has 5 aromatic rings. The van der Waals surface area contributed by atoms with Crippen LogP contribution in [0.4, 0.5) is 11.8 Å². The van der Waals surface area contributed by atoms with Crippen molar-refractivity contribution in [2.75, 3.05) is 30.3 Å². The molecule has 5 atom stereocenters. The topological polar surface area (TPSA) is 145 Å². The fourth-order valence-corrected chi connectivity index (χ4v) is 6.82. The van der Waals surface area contributed by atoms with Crippen molar-refractivity contribution in [3.63, 3.8) is 0 Å². The summed E-state index contributed by atoms with van der Waals surface area (Å²) in [5, 5.41) is 20.2. The van der Waals surface area contributed by atoms with E-state index in [0.29, 0.717) is 42.4 Å². The van der Waals surface area contributed by atoms with E-state index >= 15 is 0 Å². The first kappa shape index (κ1) is 33.6. The summed E-state index contributed by atoms with van der Waals surface area (Å²) in [6.45, 7) is 6.36. The molecule has 4 heterocycles. The number of anilines is 2. The van der Waals surface area contributed by atoms with Crippen molar-refractivity contribution in [3.8, 4) is 0 Å². The number of benzene rings is 3. The molecular weight excluding hydrogens is 634 g/mol. The zero-order valence-electron chi connectivity index (χ0n) is 28.4. The number of aliphatic hydroxyl groups is 1. The Bertz CT molecular complexity index is 1850. The molecule has 0 aliphatic carbocycles. The molecule has 0 radical (unpaired) electrons. The summed E-state index contributed by atoms with van der Waals surface area (Å²) >= 11 is 0. The first-order chi connectivity index (χ1) is 24.3. The fourth-order valence-electron chi connectivity index (χ4n) is 6.82. The number of nitrogens with one attached hydrogen (secondary N) is 3. The van der Waals surface area contributed by atoms with Gasteiger partial charge < -0.3 is 35.3 Å². The third-order valence-electron chi connectivity index (χ3n) is 9.09. The number of amides is 1. The maximum atomic E-state index is 13.1. The number of nitrogens with zero attached hydrogens (tertiary/aromatic N) is 4. The molecule has 12 heteroatoms. The summed E-state index contributed by atoms with van der Waals surface area (Å²) in [6.07, 6.45) is -0.656. The van der Waals surface area contributed by atoms with Gasteiger partial charge in [0.1, 0.15) is 12.2 Å². The first-order valence-corrected chi connectivity index (χ1v) is 17.1. The van der Waals surface area contributed by atoms with Crippen molar-refractivity contribution >= 4 is 28.8 Å². The number of imidazole rings is 1. The summed E-state index contributed by atoms with van der Waals surface area (Å²) in [4.78, 5) is 27.7. The van der Waals surface area contributed by atoms with E-state index in [0.717, 1.165) is 16.7 Å². The molecule has 0 saturated carbocycles. The van der Waals surface area contributed by atoms with Crippen LogP contribution >= 0.6 is 0 Å². The molecule has 50 heavy (non-hydrogen) atoms. The molecular formula is C38H43N7O5. The molecule has 1 unspecified atom stereocenters. The minimum absolute atomic E-state index is 0.0206. The molecule has 2 aliphatic heterocycles. The molecule has 1 amide bonds. The van der Waals surface area contributed by atoms with Gasteiger partial charge in [-0.15, -0.1) is 0 Å². The highest BCUT2D eigenvalue weighted by molar-refractivity contribution is 5.85. The van der Waals surface area contributed by atoms with E-state index in [1.54, 1.807) is 10.9 Å². The average Bonchev–Trinajstić information content (AvgIpc) is 3.80. The van der Waals surface area contributed by atoms with Crippen molar-refractivity contribution in [3.05, 3.63) is 114 Å². The molecule has 3 aromatic carbocycles. The van der Waals surface area contributed by atoms with Gasteiger partial charge >= 0.3 is 0 Å². The van der Waals surface area contributed by atoms with Crippen LogP contribution in [0, 0.1) is 0 Å². The average molecular weight is 678 g/mol. The van der Waals surface area contributed by atoms with Gasteiger partial charge in [0.25, 0.3) is 5.91 Å². The monoisotopic (exact) mass is 677 g/mol. The number of rotatable bonds is 13. The maximum absolute atomic E-state index is 13.1. The van der Waals surface area contributed by atoms with E-state index in [-0.39, 0.29) is 24.5 Å². The number of fused-ring (bicyclic) bond motifs is 2. The van der Waals surface area contributed by atoms with Crippen molar-refractivity contribution in [2.24, 2.45) is 0 Å². The molecule has 2 fully saturated rings. The normalized spacial score (nSPS) is 21.6. The highest BCUT2D eigenvalue weighted by Crippen LogP contribution is 2.44. The van der Waals surface area contributed by atoms with E-state index in [1.807, 2.05) is 87.5 Å². The van der Waals surface area contributed by atoms with Crippen molar-refractivity contribution in [2.45, 2.75) is 69.5 Å². The van der Waals surface area contributed by atoms with Crippen molar-refractivity contribution in [1.29, 1.82) is 0 Å². The lowest BCUT2D eigenvalue weighted by Crippen LogP contribution is -2.42. The predicted molar refractivity (Wildman–Crippen MR) is 190 cm³/mol. The Labute approximate surface area is 291 Å². The van der Waals surface area contributed by atoms with Gasteiger partial charge in [-0.25, -0.2) is 4.98 Å². The number of hydrogen-bond acceptors (Lipinski definition) is 10. The van der Waals surface area contributed by atoms with Gasteiger partial charge in [0.15, 0.2) is 35.1 Å². The zero-order chi connectivity index (χ0) is 34.7. The van der Waals surface area contributed by atoms with Gasteiger partial charge in [-0.3, -0.25) is 9.36 Å². The SMILES string of the molecule is CCNC(=O)[C@H]1O[C@@H](n2cnc3c(NCC(c4ccccc4)c4ccccc4)nc(NC(CO)Cc4ccccc4)nc32)[C@@H]2OC(C)(C)O[C@@H]21. The Morgan fingerprint density at radius 3 is 2.20 bits per heavy atom. The Hall–Kier alpha value is -4.88. The minimum atomic E-state index is -0.914. The maximum Gasteiger partial charge on any atom is 0.252 e. The lowest BCUT2D eigenvalue weighted by Gasteiger charge is -2.24. The van der Waals surface area contributed by atoms with E-state index in [1.165, 1.54) is 0 Å². The smallest absolute Gasteiger partial charge is 0.252 e. The zero-order valence-corrected chi connectivity index (χ0v) is 28.4. The number of likely N-dealkylation sites (N-methyl/N-ethyl adjacent to an activating group) is 1. The van der Waals surface area contributed by atoms with Gasteiger partial charge in [-0.1, -0.05) is 91.0 Å². The number of carbonyl (C=O) groups excluding carboxylic acids is 1. The number of aliphatic hydroxyl groups excluding tert-OH is 1. The molecule has 12 nitrogen and oxygen atoms in total. The quantitative estimate of drug-likeness (QED) is 0.139. The third-order valence-corrected chi connectivity index (χ3v) is 9.09. The van der Waals surface area contributed by atoms with Crippen LogP contribution in [0.1, 0.15) is 49.6 Å². The van der Waals surface area contributed by atoms with E-state index in [9.17, 15) is 9.90 Å². The molecule has 0 bridgehead atoms. The van der Waals surface area contributed by atoms with Crippen LogP contribution in [0.5, 0.6) is 0 Å². The lowest BCUT2D eigenvalue weighted by atomic mass is 9.91. The Morgan fingerprint density at radius 1 is 0.920 bits per heavy atom.